The average molecular weight is 235 g/mol. The van der Waals surface area contributed by atoms with E-state index in [9.17, 15) is 0 Å². The van der Waals surface area contributed by atoms with Crippen LogP contribution in [0.2, 0.25) is 0 Å². The summed E-state index contributed by atoms with van der Waals surface area (Å²) in [5.41, 5.74) is 7.68. The highest BCUT2D eigenvalue weighted by atomic mass is 16.5. The van der Waals surface area contributed by atoms with Crippen molar-refractivity contribution >= 4 is 11.4 Å². The zero-order valence-corrected chi connectivity index (χ0v) is 10.6. The molecule has 0 amide bonds. The minimum absolute atomic E-state index is 0.748. The Hall–Kier alpha value is -1.42. The largest absolute Gasteiger partial charge is 0.495 e. The van der Waals surface area contributed by atoms with Crippen molar-refractivity contribution < 1.29 is 4.74 Å². The minimum atomic E-state index is 0.748. The number of benzene rings is 1. The number of anilines is 2. The van der Waals surface area contributed by atoms with E-state index >= 15 is 0 Å². The molecular weight excluding hydrogens is 214 g/mol. The maximum absolute atomic E-state index is 5.78. The van der Waals surface area contributed by atoms with Crippen LogP contribution in [0.3, 0.4) is 0 Å². The van der Waals surface area contributed by atoms with Gasteiger partial charge in [-0.2, -0.15) is 0 Å². The van der Waals surface area contributed by atoms with E-state index in [0.717, 1.165) is 43.3 Å². The van der Waals surface area contributed by atoms with Gasteiger partial charge in [-0.3, -0.25) is 0 Å². The van der Waals surface area contributed by atoms with Gasteiger partial charge in [0.2, 0.25) is 0 Å². The monoisotopic (exact) mass is 235 g/mol. The molecule has 2 rings (SSSR count). The number of nitrogens with zero attached hydrogens (tertiary/aromatic N) is 2. The van der Waals surface area contributed by atoms with Gasteiger partial charge >= 0.3 is 0 Å². The van der Waals surface area contributed by atoms with E-state index in [0.29, 0.717) is 0 Å². The first-order chi connectivity index (χ1) is 8.20. The lowest BCUT2D eigenvalue weighted by Gasteiger charge is -2.25. The molecule has 1 fully saturated rings. The van der Waals surface area contributed by atoms with Crippen LogP contribution in [0, 0.1) is 0 Å². The van der Waals surface area contributed by atoms with Gasteiger partial charge in [0.25, 0.3) is 0 Å². The van der Waals surface area contributed by atoms with Crippen molar-refractivity contribution in [3.63, 3.8) is 0 Å². The van der Waals surface area contributed by atoms with E-state index in [2.05, 4.69) is 22.9 Å². The molecule has 0 spiro atoms. The fourth-order valence-electron chi connectivity index (χ4n) is 2.24. The number of rotatable bonds is 2. The number of hydrogen-bond donors (Lipinski definition) is 1. The van der Waals surface area contributed by atoms with Gasteiger partial charge in [0, 0.05) is 31.4 Å². The lowest BCUT2D eigenvalue weighted by atomic mass is 10.2. The fourth-order valence-corrected chi connectivity index (χ4v) is 2.24. The Kier molecular flexibility index (Phi) is 3.74. The smallest absolute Gasteiger partial charge is 0.144 e. The van der Waals surface area contributed by atoms with E-state index < -0.39 is 0 Å². The van der Waals surface area contributed by atoms with Crippen molar-refractivity contribution in [2.24, 2.45) is 0 Å². The summed E-state index contributed by atoms with van der Waals surface area (Å²) in [5, 5.41) is 0. The predicted molar refractivity (Wildman–Crippen MR) is 71.7 cm³/mol. The molecule has 1 heterocycles. The van der Waals surface area contributed by atoms with Gasteiger partial charge in [0.05, 0.1) is 12.8 Å². The standard InChI is InChI=1S/C13H21N3O/c1-15-6-3-7-16(9-8-15)12-5-4-11(14)10-13(12)17-2/h4-5,10H,3,6-9,14H2,1-2H3. The van der Waals surface area contributed by atoms with Crippen LogP contribution in [0.1, 0.15) is 6.42 Å². The van der Waals surface area contributed by atoms with E-state index in [1.54, 1.807) is 7.11 Å². The van der Waals surface area contributed by atoms with E-state index in [-0.39, 0.29) is 0 Å². The van der Waals surface area contributed by atoms with Crippen LogP contribution >= 0.6 is 0 Å². The molecule has 1 aliphatic heterocycles. The van der Waals surface area contributed by atoms with Gasteiger partial charge in [-0.15, -0.1) is 0 Å². The molecule has 17 heavy (non-hydrogen) atoms. The first-order valence-corrected chi connectivity index (χ1v) is 6.07. The van der Waals surface area contributed by atoms with Crippen LogP contribution in [0.4, 0.5) is 11.4 Å². The lowest BCUT2D eigenvalue weighted by Crippen LogP contribution is -2.29. The molecule has 0 radical (unpaired) electrons. The second kappa shape index (κ2) is 5.27. The summed E-state index contributed by atoms with van der Waals surface area (Å²) < 4.78 is 5.41. The van der Waals surface area contributed by atoms with Crippen molar-refractivity contribution in [3.05, 3.63) is 18.2 Å². The maximum Gasteiger partial charge on any atom is 0.144 e. The Morgan fingerprint density at radius 2 is 2.00 bits per heavy atom. The van der Waals surface area contributed by atoms with E-state index in [4.69, 9.17) is 10.5 Å². The number of nitrogens with two attached hydrogens (primary N) is 1. The second-order valence-corrected chi connectivity index (χ2v) is 4.58. The summed E-state index contributed by atoms with van der Waals surface area (Å²) in [6.07, 6.45) is 1.18. The SMILES string of the molecule is COc1cc(N)ccc1N1CCCN(C)CC1. The molecular formula is C13H21N3O. The van der Waals surface area contributed by atoms with E-state index in [1.807, 2.05) is 12.1 Å². The number of ether oxygens (including phenoxy) is 1. The molecule has 4 nitrogen and oxygen atoms in total. The van der Waals surface area contributed by atoms with Gasteiger partial charge in [0.15, 0.2) is 0 Å². The van der Waals surface area contributed by atoms with Gasteiger partial charge in [0.1, 0.15) is 5.75 Å². The number of methoxy groups -OCH3 is 1. The molecule has 0 aromatic heterocycles. The van der Waals surface area contributed by atoms with Crippen molar-refractivity contribution in [3.8, 4) is 5.75 Å². The summed E-state index contributed by atoms with van der Waals surface area (Å²) in [5.74, 6) is 0.870. The highest BCUT2D eigenvalue weighted by molar-refractivity contribution is 5.64. The number of likely N-dealkylation sites (N-methyl/N-ethyl adjacent to an activating group) is 1. The third-order valence-corrected chi connectivity index (χ3v) is 3.26. The van der Waals surface area contributed by atoms with Gasteiger partial charge in [-0.05, 0) is 32.1 Å². The van der Waals surface area contributed by atoms with Crippen LogP contribution in [-0.4, -0.2) is 45.2 Å². The molecule has 4 heteroatoms. The molecule has 94 valence electrons. The second-order valence-electron chi connectivity index (χ2n) is 4.58. The topological polar surface area (TPSA) is 41.7 Å². The lowest BCUT2D eigenvalue weighted by molar-refractivity contribution is 0.360. The van der Waals surface area contributed by atoms with Crippen LogP contribution in [0.25, 0.3) is 0 Å². The Bertz CT molecular complexity index is 381. The summed E-state index contributed by atoms with van der Waals surface area (Å²) in [6.45, 7) is 4.36. The Balaban J connectivity index is 2.20. The normalized spacial score (nSPS) is 17.9. The third kappa shape index (κ3) is 2.82. The zero-order valence-electron chi connectivity index (χ0n) is 10.6. The zero-order chi connectivity index (χ0) is 12.3. The van der Waals surface area contributed by atoms with Crippen molar-refractivity contribution in [2.75, 3.05) is 51.0 Å². The van der Waals surface area contributed by atoms with Gasteiger partial charge in [-0.1, -0.05) is 0 Å². The van der Waals surface area contributed by atoms with Crippen LogP contribution in [0.15, 0.2) is 18.2 Å². The highest BCUT2D eigenvalue weighted by Crippen LogP contribution is 2.30. The van der Waals surface area contributed by atoms with Crippen molar-refractivity contribution in [1.82, 2.24) is 4.90 Å². The Morgan fingerprint density at radius 3 is 2.76 bits per heavy atom. The average Bonchev–Trinajstić information content (AvgIpc) is 2.54. The third-order valence-electron chi connectivity index (χ3n) is 3.26. The van der Waals surface area contributed by atoms with Crippen molar-refractivity contribution in [1.29, 1.82) is 0 Å². The van der Waals surface area contributed by atoms with E-state index in [1.165, 1.54) is 6.42 Å². The van der Waals surface area contributed by atoms with Gasteiger partial charge < -0.3 is 20.3 Å². The molecule has 0 aliphatic carbocycles. The summed E-state index contributed by atoms with van der Waals surface area (Å²) in [7, 11) is 3.87. The quantitative estimate of drug-likeness (QED) is 0.787. The van der Waals surface area contributed by atoms with Crippen LogP contribution in [0.5, 0.6) is 5.75 Å². The molecule has 1 aliphatic rings. The molecule has 0 unspecified atom stereocenters. The molecule has 1 saturated heterocycles. The maximum atomic E-state index is 5.78. The molecule has 0 atom stereocenters. The van der Waals surface area contributed by atoms with Crippen LogP contribution < -0.4 is 15.4 Å². The predicted octanol–water partition coefficient (Wildman–Crippen LogP) is 1.42. The molecule has 0 saturated carbocycles. The number of hydrogen-bond acceptors (Lipinski definition) is 4. The van der Waals surface area contributed by atoms with Gasteiger partial charge in [-0.25, -0.2) is 0 Å². The first kappa shape index (κ1) is 12.0. The number of nitrogen functional groups attached to an aromatic ring is 1. The van der Waals surface area contributed by atoms with Crippen molar-refractivity contribution in [2.45, 2.75) is 6.42 Å². The summed E-state index contributed by atoms with van der Waals surface area (Å²) >= 11 is 0. The molecule has 0 bridgehead atoms. The minimum Gasteiger partial charge on any atom is -0.495 e. The molecule has 2 N–H and O–H groups in total. The summed E-state index contributed by atoms with van der Waals surface area (Å²) in [6, 6.07) is 5.88. The Morgan fingerprint density at radius 1 is 1.18 bits per heavy atom. The Labute approximate surface area is 103 Å². The summed E-state index contributed by atoms with van der Waals surface area (Å²) in [4.78, 5) is 4.74. The fraction of sp³-hybridized carbons (Fsp3) is 0.538. The molecule has 1 aromatic rings. The molecule has 1 aromatic carbocycles. The first-order valence-electron chi connectivity index (χ1n) is 6.07. The highest BCUT2D eigenvalue weighted by Gasteiger charge is 2.15. The van der Waals surface area contributed by atoms with Crippen LogP contribution in [-0.2, 0) is 0 Å².